The van der Waals surface area contributed by atoms with Gasteiger partial charge in [0.05, 0.1) is 15.7 Å². The molecule has 0 saturated carbocycles. The van der Waals surface area contributed by atoms with Crippen molar-refractivity contribution in [2.75, 3.05) is 16.0 Å². The molecule has 1 unspecified atom stereocenters. The molecule has 4 amide bonds. The van der Waals surface area contributed by atoms with Crippen LogP contribution in [0.25, 0.3) is 6.08 Å². The smallest absolute Gasteiger partial charge is 0.272 e. The van der Waals surface area contributed by atoms with Crippen LogP contribution in [-0.2, 0) is 9.59 Å². The lowest BCUT2D eigenvalue weighted by molar-refractivity contribution is -0.116. The van der Waals surface area contributed by atoms with Crippen LogP contribution in [0.15, 0.2) is 120 Å². The van der Waals surface area contributed by atoms with E-state index in [0.29, 0.717) is 44.7 Å². The van der Waals surface area contributed by atoms with Crippen molar-refractivity contribution in [3.05, 3.63) is 148 Å². The van der Waals surface area contributed by atoms with Gasteiger partial charge >= 0.3 is 0 Å². The second kappa shape index (κ2) is 18.0. The third kappa shape index (κ3) is 10.1. The highest BCUT2D eigenvalue weighted by Gasteiger charge is 2.25. The van der Waals surface area contributed by atoms with E-state index in [9.17, 15) is 24.4 Å². The zero-order valence-corrected chi connectivity index (χ0v) is 31.4. The first-order chi connectivity index (χ1) is 25.6. The molecule has 0 aliphatic heterocycles. The number of thioether (sulfide) groups is 1. The fourth-order valence-electron chi connectivity index (χ4n) is 5.27. The van der Waals surface area contributed by atoms with Crippen molar-refractivity contribution in [3.63, 3.8) is 0 Å². The van der Waals surface area contributed by atoms with E-state index >= 15 is 0 Å². The van der Waals surface area contributed by atoms with Crippen molar-refractivity contribution >= 4 is 69.2 Å². The van der Waals surface area contributed by atoms with E-state index in [1.165, 1.54) is 11.8 Å². The number of benzene rings is 4. The molecule has 1 atom stereocenters. The number of nitrogens with one attached hydrogen (secondary N) is 4. The lowest BCUT2D eigenvalue weighted by Crippen LogP contribution is -2.30. The molecule has 0 aliphatic carbocycles. The molecule has 5 aromatic rings. The Morgan fingerprint density at radius 2 is 1.47 bits per heavy atom. The van der Waals surface area contributed by atoms with Crippen LogP contribution in [0.4, 0.5) is 16.4 Å². The highest BCUT2D eigenvalue weighted by atomic mass is 32.2. The van der Waals surface area contributed by atoms with E-state index in [1.807, 2.05) is 61.5 Å². The molecule has 5 rings (SSSR count). The van der Waals surface area contributed by atoms with Gasteiger partial charge in [-0.3, -0.25) is 19.2 Å². The molecular formula is C42H39N5O4S2. The first-order valence-corrected chi connectivity index (χ1v) is 18.7. The second-order valence-corrected chi connectivity index (χ2v) is 14.7. The van der Waals surface area contributed by atoms with Gasteiger partial charge in [0.2, 0.25) is 5.91 Å². The number of nitrogens with zero attached hydrogens (tertiary/aromatic N) is 1. The molecule has 53 heavy (non-hydrogen) atoms. The summed E-state index contributed by atoms with van der Waals surface area (Å²) in [5, 5.41) is 21.0. The summed E-state index contributed by atoms with van der Waals surface area (Å²) >= 11 is 2.37. The Morgan fingerprint density at radius 3 is 2.11 bits per heavy atom. The number of anilines is 3. The molecule has 4 N–H and O–H groups in total. The maximum Gasteiger partial charge on any atom is 0.272 e. The summed E-state index contributed by atoms with van der Waals surface area (Å²) in [5.74, 6) is -1.28. The molecule has 1 aromatic heterocycles. The Bertz CT molecular complexity index is 2170. The van der Waals surface area contributed by atoms with Crippen LogP contribution < -0.4 is 21.3 Å². The number of amides is 4. The van der Waals surface area contributed by atoms with Crippen molar-refractivity contribution in [3.8, 4) is 6.07 Å². The Labute approximate surface area is 317 Å². The third-order valence-corrected chi connectivity index (χ3v) is 10.8. The fourth-order valence-corrected chi connectivity index (χ4v) is 7.34. The van der Waals surface area contributed by atoms with E-state index in [-0.39, 0.29) is 23.1 Å². The fraction of sp³-hybridized carbons (Fsp3) is 0.167. The summed E-state index contributed by atoms with van der Waals surface area (Å²) in [7, 11) is 0. The molecule has 1 heterocycles. The summed E-state index contributed by atoms with van der Waals surface area (Å²) in [6.45, 7) is 7.77. The third-order valence-electron chi connectivity index (χ3n) is 8.21. The summed E-state index contributed by atoms with van der Waals surface area (Å²) in [4.78, 5) is 54.4. The van der Waals surface area contributed by atoms with Gasteiger partial charge in [0.1, 0.15) is 16.8 Å². The first-order valence-electron chi connectivity index (χ1n) is 17.0. The maximum atomic E-state index is 13.7. The Balaban J connectivity index is 1.30. The number of thiophene rings is 1. The zero-order valence-electron chi connectivity index (χ0n) is 29.7. The van der Waals surface area contributed by atoms with Gasteiger partial charge in [-0.1, -0.05) is 87.5 Å². The Kier molecular flexibility index (Phi) is 13.0. The molecule has 9 nitrogen and oxygen atoms in total. The van der Waals surface area contributed by atoms with Crippen molar-refractivity contribution in [2.24, 2.45) is 0 Å². The number of rotatable bonds is 13. The van der Waals surface area contributed by atoms with Gasteiger partial charge < -0.3 is 21.3 Å². The average Bonchev–Trinajstić information content (AvgIpc) is 3.48. The number of hydrogen-bond donors (Lipinski definition) is 4. The van der Waals surface area contributed by atoms with Crippen molar-refractivity contribution < 1.29 is 19.2 Å². The van der Waals surface area contributed by atoms with Crippen molar-refractivity contribution in [1.82, 2.24) is 5.32 Å². The second-order valence-electron chi connectivity index (χ2n) is 12.4. The normalized spacial score (nSPS) is 11.7. The summed E-state index contributed by atoms with van der Waals surface area (Å²) in [6.07, 6.45) is 2.10. The minimum absolute atomic E-state index is 0.0661. The first kappa shape index (κ1) is 38.3. The highest BCUT2D eigenvalue weighted by Crippen LogP contribution is 2.35. The van der Waals surface area contributed by atoms with Crippen LogP contribution in [0, 0.1) is 18.3 Å². The van der Waals surface area contributed by atoms with E-state index in [2.05, 4.69) is 41.2 Å². The average molecular weight is 742 g/mol. The van der Waals surface area contributed by atoms with Gasteiger partial charge in [0.15, 0.2) is 0 Å². The van der Waals surface area contributed by atoms with Crippen LogP contribution in [0.5, 0.6) is 0 Å². The topological polar surface area (TPSA) is 140 Å². The largest absolute Gasteiger partial charge is 0.321 e. The quantitative estimate of drug-likeness (QED) is 0.0701. The molecule has 0 radical (unpaired) electrons. The van der Waals surface area contributed by atoms with Crippen LogP contribution in [-0.4, -0.2) is 28.9 Å². The van der Waals surface area contributed by atoms with Gasteiger partial charge in [0.25, 0.3) is 17.7 Å². The van der Waals surface area contributed by atoms with Gasteiger partial charge in [-0.2, -0.15) is 5.26 Å². The van der Waals surface area contributed by atoms with Gasteiger partial charge in [0, 0.05) is 21.8 Å². The van der Waals surface area contributed by atoms with Gasteiger partial charge in [-0.25, -0.2) is 0 Å². The van der Waals surface area contributed by atoms with Gasteiger partial charge in [-0.15, -0.1) is 23.1 Å². The zero-order chi connectivity index (χ0) is 37.9. The number of hydrogen-bond acceptors (Lipinski definition) is 7. The molecular weight excluding hydrogens is 703 g/mol. The molecule has 0 fully saturated rings. The lowest BCUT2D eigenvalue weighted by atomic mass is 10.0. The molecule has 11 heteroatoms. The van der Waals surface area contributed by atoms with Crippen LogP contribution in [0.1, 0.15) is 75.4 Å². The molecule has 0 bridgehead atoms. The SMILES string of the molecule is CCC(Sc1cccc(NC(=O)/C(=C\c2ccc(C(C)C)cc2)NC(=O)c2ccccc2)c1)C(=O)Nc1sc(C(=O)Nc2ccccc2)c(C)c1C#N. The monoisotopic (exact) mass is 741 g/mol. The number of carbonyl (C=O) groups excluding carboxylic acids is 4. The van der Waals surface area contributed by atoms with Crippen molar-refractivity contribution in [2.45, 2.75) is 50.2 Å². The van der Waals surface area contributed by atoms with E-state index in [0.717, 1.165) is 27.4 Å². The predicted octanol–water partition coefficient (Wildman–Crippen LogP) is 9.22. The molecule has 0 aliphatic rings. The maximum absolute atomic E-state index is 13.7. The summed E-state index contributed by atoms with van der Waals surface area (Å²) < 4.78 is 0. The lowest BCUT2D eigenvalue weighted by Gasteiger charge is -2.16. The summed E-state index contributed by atoms with van der Waals surface area (Å²) in [5.41, 5.74) is 4.21. The van der Waals surface area contributed by atoms with E-state index in [4.69, 9.17) is 0 Å². The number of para-hydroxylation sites is 1. The Hall–Kier alpha value is -5.96. The molecule has 0 spiro atoms. The molecule has 0 saturated heterocycles. The van der Waals surface area contributed by atoms with Crippen LogP contribution in [0.2, 0.25) is 0 Å². The van der Waals surface area contributed by atoms with Crippen LogP contribution in [0.3, 0.4) is 0 Å². The minimum atomic E-state index is -0.550. The predicted molar refractivity (Wildman–Crippen MR) is 214 cm³/mol. The summed E-state index contributed by atoms with van der Waals surface area (Å²) in [6, 6.07) is 34.7. The van der Waals surface area contributed by atoms with Crippen molar-refractivity contribution in [1.29, 1.82) is 5.26 Å². The Morgan fingerprint density at radius 1 is 0.811 bits per heavy atom. The van der Waals surface area contributed by atoms with Crippen LogP contribution >= 0.6 is 23.1 Å². The standard InChI is InChI=1S/C42H39N5O4S2/c1-5-36(40(50)47-42-34(25-43)27(4)37(53-42)41(51)44-31-15-10-7-11-16-31)52-33-18-12-17-32(24-33)45-39(49)35(46-38(48)30-13-8-6-9-14-30)23-28-19-21-29(22-20-28)26(2)3/h6-24,26,36H,5H2,1-4H3,(H,44,51)(H,45,49)(H,46,48)(H,47,50)/b35-23+. The van der Waals surface area contributed by atoms with E-state index in [1.54, 1.807) is 67.6 Å². The molecule has 4 aromatic carbocycles. The van der Waals surface area contributed by atoms with Gasteiger partial charge in [-0.05, 0) is 84.5 Å². The number of nitriles is 1. The molecule has 268 valence electrons. The number of carbonyl (C=O) groups is 4. The minimum Gasteiger partial charge on any atom is -0.321 e. The highest BCUT2D eigenvalue weighted by molar-refractivity contribution is 8.00. The van der Waals surface area contributed by atoms with E-state index < -0.39 is 17.1 Å².